The van der Waals surface area contributed by atoms with E-state index in [0.717, 1.165) is 5.56 Å². The van der Waals surface area contributed by atoms with Crippen LogP contribution in [0.25, 0.3) is 0 Å². The fraction of sp³-hybridized carbons (Fsp3) is 0.263. The van der Waals surface area contributed by atoms with Gasteiger partial charge in [0, 0.05) is 0 Å². The summed E-state index contributed by atoms with van der Waals surface area (Å²) in [6.45, 7) is 5.06. The van der Waals surface area contributed by atoms with Crippen molar-refractivity contribution in [3.05, 3.63) is 57.6 Å². The van der Waals surface area contributed by atoms with Crippen LogP contribution in [0.4, 0.5) is 5.69 Å². The Balaban J connectivity index is 2.37. The highest BCUT2D eigenvalue weighted by molar-refractivity contribution is 9.10. The first-order valence-corrected chi connectivity index (χ1v) is 8.65. The van der Waals surface area contributed by atoms with E-state index in [4.69, 9.17) is 15.2 Å². The van der Waals surface area contributed by atoms with Crippen LogP contribution in [0.5, 0.6) is 5.75 Å². The summed E-state index contributed by atoms with van der Waals surface area (Å²) in [5, 5.41) is 10.3. The van der Waals surface area contributed by atoms with Gasteiger partial charge in [0.2, 0.25) is 0 Å². The largest absolute Gasteiger partial charge is 0.506 e. The third kappa shape index (κ3) is 4.76. The SMILES string of the molecule is CC(C)(C)OC(=O)c1c(C(=O)OCc2ccccc2)cc(N)c(Br)c1O. The van der Waals surface area contributed by atoms with Crippen molar-refractivity contribution in [2.75, 3.05) is 5.73 Å². The molecule has 0 aliphatic heterocycles. The molecule has 0 aromatic heterocycles. The normalized spacial score (nSPS) is 11.1. The van der Waals surface area contributed by atoms with Gasteiger partial charge >= 0.3 is 11.9 Å². The Labute approximate surface area is 160 Å². The van der Waals surface area contributed by atoms with Crippen molar-refractivity contribution in [2.45, 2.75) is 33.0 Å². The van der Waals surface area contributed by atoms with Gasteiger partial charge < -0.3 is 20.3 Å². The first-order chi connectivity index (χ1) is 12.1. The van der Waals surface area contributed by atoms with Crippen molar-refractivity contribution in [1.29, 1.82) is 0 Å². The first-order valence-electron chi connectivity index (χ1n) is 7.85. The molecule has 0 aliphatic carbocycles. The predicted molar refractivity (Wildman–Crippen MR) is 101 cm³/mol. The van der Waals surface area contributed by atoms with Crippen LogP contribution in [-0.4, -0.2) is 22.6 Å². The number of halogens is 1. The van der Waals surface area contributed by atoms with Crippen LogP contribution in [0.15, 0.2) is 40.9 Å². The third-order valence-electron chi connectivity index (χ3n) is 3.30. The molecule has 0 atom stereocenters. The van der Waals surface area contributed by atoms with E-state index < -0.39 is 23.3 Å². The van der Waals surface area contributed by atoms with Crippen molar-refractivity contribution >= 4 is 33.6 Å². The number of hydrogen-bond acceptors (Lipinski definition) is 6. The van der Waals surface area contributed by atoms with Gasteiger partial charge in [-0.1, -0.05) is 30.3 Å². The zero-order valence-corrected chi connectivity index (χ0v) is 16.3. The molecule has 2 aromatic rings. The number of carbonyl (C=O) groups excluding carboxylic acids is 2. The molecule has 0 saturated heterocycles. The van der Waals surface area contributed by atoms with E-state index in [1.54, 1.807) is 32.9 Å². The summed E-state index contributed by atoms with van der Waals surface area (Å²) < 4.78 is 10.7. The molecule has 26 heavy (non-hydrogen) atoms. The number of carbonyl (C=O) groups is 2. The maximum absolute atomic E-state index is 12.5. The number of nitrogens with two attached hydrogens (primary N) is 1. The van der Waals surface area contributed by atoms with Crippen molar-refractivity contribution < 1.29 is 24.2 Å². The number of phenolic OH excluding ortho intramolecular Hbond substituents is 1. The maximum Gasteiger partial charge on any atom is 0.343 e. The average Bonchev–Trinajstić information content (AvgIpc) is 2.56. The summed E-state index contributed by atoms with van der Waals surface area (Å²) in [5.74, 6) is -2.10. The van der Waals surface area contributed by atoms with Crippen LogP contribution >= 0.6 is 15.9 Å². The molecule has 6 nitrogen and oxygen atoms in total. The topological polar surface area (TPSA) is 98.9 Å². The zero-order valence-electron chi connectivity index (χ0n) is 14.7. The average molecular weight is 422 g/mol. The Morgan fingerprint density at radius 3 is 2.35 bits per heavy atom. The van der Waals surface area contributed by atoms with Crippen molar-refractivity contribution in [3.63, 3.8) is 0 Å². The summed E-state index contributed by atoms with van der Waals surface area (Å²) in [6, 6.07) is 10.4. The second kappa shape index (κ2) is 7.78. The molecular formula is C19H20BrNO5. The molecule has 0 fully saturated rings. The molecule has 3 N–H and O–H groups in total. The molecule has 0 spiro atoms. The number of aromatic hydroxyl groups is 1. The smallest absolute Gasteiger partial charge is 0.343 e. The number of ether oxygens (including phenoxy) is 2. The first kappa shape index (κ1) is 19.8. The van der Waals surface area contributed by atoms with Crippen LogP contribution in [0.3, 0.4) is 0 Å². The van der Waals surface area contributed by atoms with Crippen molar-refractivity contribution in [1.82, 2.24) is 0 Å². The summed E-state index contributed by atoms with van der Waals surface area (Å²) in [4.78, 5) is 25.0. The number of nitrogen functional groups attached to an aromatic ring is 1. The van der Waals surface area contributed by atoms with Crippen molar-refractivity contribution in [3.8, 4) is 5.75 Å². The maximum atomic E-state index is 12.5. The summed E-state index contributed by atoms with van der Waals surface area (Å²) in [7, 11) is 0. The lowest BCUT2D eigenvalue weighted by molar-refractivity contribution is 0.00607. The molecule has 0 saturated carbocycles. The zero-order chi connectivity index (χ0) is 19.5. The minimum atomic E-state index is -0.845. The quantitative estimate of drug-likeness (QED) is 0.570. The van der Waals surface area contributed by atoms with Gasteiger partial charge in [0.05, 0.1) is 15.7 Å². The summed E-state index contributed by atoms with van der Waals surface area (Å²) in [5.41, 5.74) is 5.43. The van der Waals surface area contributed by atoms with Crippen LogP contribution in [-0.2, 0) is 16.1 Å². The molecule has 2 aromatic carbocycles. The summed E-state index contributed by atoms with van der Waals surface area (Å²) >= 11 is 3.10. The lowest BCUT2D eigenvalue weighted by atomic mass is 10.0. The van der Waals surface area contributed by atoms with Crippen LogP contribution in [0.2, 0.25) is 0 Å². The van der Waals surface area contributed by atoms with Gasteiger partial charge in [-0.05, 0) is 48.3 Å². The van der Waals surface area contributed by atoms with Gasteiger partial charge in [-0.15, -0.1) is 0 Å². The van der Waals surface area contributed by atoms with E-state index in [1.807, 2.05) is 18.2 Å². The summed E-state index contributed by atoms with van der Waals surface area (Å²) in [6.07, 6.45) is 0. The van der Waals surface area contributed by atoms with E-state index in [-0.39, 0.29) is 27.9 Å². The van der Waals surface area contributed by atoms with E-state index in [0.29, 0.717) is 0 Å². The molecule has 2 rings (SSSR count). The van der Waals surface area contributed by atoms with Gasteiger partial charge in [0.15, 0.2) is 0 Å². The molecule has 0 amide bonds. The molecule has 0 unspecified atom stereocenters. The molecule has 0 heterocycles. The molecule has 7 heteroatoms. The number of anilines is 1. The lowest BCUT2D eigenvalue weighted by Gasteiger charge is -2.21. The Kier molecular flexibility index (Phi) is 5.92. The highest BCUT2D eigenvalue weighted by Crippen LogP contribution is 2.37. The molecule has 0 bridgehead atoms. The Morgan fingerprint density at radius 2 is 1.77 bits per heavy atom. The second-order valence-corrected chi connectivity index (χ2v) is 7.41. The number of rotatable bonds is 4. The van der Waals surface area contributed by atoms with Gasteiger partial charge in [0.25, 0.3) is 0 Å². The number of phenols is 1. The van der Waals surface area contributed by atoms with Gasteiger partial charge in [-0.25, -0.2) is 9.59 Å². The van der Waals surface area contributed by atoms with E-state index in [1.165, 1.54) is 6.07 Å². The van der Waals surface area contributed by atoms with Crippen LogP contribution in [0.1, 0.15) is 47.1 Å². The Morgan fingerprint density at radius 1 is 1.15 bits per heavy atom. The van der Waals surface area contributed by atoms with E-state index in [9.17, 15) is 14.7 Å². The highest BCUT2D eigenvalue weighted by atomic mass is 79.9. The Hall–Kier alpha value is -2.54. The van der Waals surface area contributed by atoms with Crippen LogP contribution in [0, 0.1) is 0 Å². The second-order valence-electron chi connectivity index (χ2n) is 6.61. The van der Waals surface area contributed by atoms with Crippen molar-refractivity contribution in [2.24, 2.45) is 0 Å². The lowest BCUT2D eigenvalue weighted by Crippen LogP contribution is -2.25. The minimum absolute atomic E-state index is 0.0180. The minimum Gasteiger partial charge on any atom is -0.506 e. The monoisotopic (exact) mass is 421 g/mol. The third-order valence-corrected chi connectivity index (χ3v) is 4.14. The Bertz CT molecular complexity index is 828. The predicted octanol–water partition coefficient (Wildman–Crippen LogP) is 4.05. The molecule has 0 radical (unpaired) electrons. The van der Waals surface area contributed by atoms with Gasteiger partial charge in [0.1, 0.15) is 23.5 Å². The van der Waals surface area contributed by atoms with Crippen LogP contribution < -0.4 is 5.73 Å². The van der Waals surface area contributed by atoms with Gasteiger partial charge in [-0.3, -0.25) is 0 Å². The molecule has 0 aliphatic rings. The fourth-order valence-electron chi connectivity index (χ4n) is 2.16. The molecule has 138 valence electrons. The molecular weight excluding hydrogens is 402 g/mol. The fourth-order valence-corrected chi connectivity index (χ4v) is 2.48. The number of benzene rings is 2. The van der Waals surface area contributed by atoms with E-state index in [2.05, 4.69) is 15.9 Å². The highest BCUT2D eigenvalue weighted by Gasteiger charge is 2.29. The number of hydrogen-bond donors (Lipinski definition) is 2. The number of esters is 2. The van der Waals surface area contributed by atoms with E-state index >= 15 is 0 Å². The standard InChI is InChI=1S/C19H20BrNO5/c1-19(2,3)26-18(24)14-12(9-13(21)15(20)16(14)22)17(23)25-10-11-7-5-4-6-8-11/h4-9,22H,10,21H2,1-3H3. The van der Waals surface area contributed by atoms with Gasteiger partial charge in [-0.2, -0.15) is 0 Å².